The highest BCUT2D eigenvalue weighted by molar-refractivity contribution is 5.88. The van der Waals surface area contributed by atoms with E-state index in [1.165, 1.54) is 0 Å². The van der Waals surface area contributed by atoms with Gasteiger partial charge < -0.3 is 9.64 Å². The first-order chi connectivity index (χ1) is 7.06. The summed E-state index contributed by atoms with van der Waals surface area (Å²) in [7, 11) is 3.81. The smallest absolute Gasteiger partial charge is 0.155 e. The fourth-order valence-corrected chi connectivity index (χ4v) is 1.40. The first-order valence-electron chi connectivity index (χ1n) is 4.98. The van der Waals surface area contributed by atoms with Gasteiger partial charge in [0.1, 0.15) is 5.75 Å². The van der Waals surface area contributed by atoms with Crippen LogP contribution in [-0.4, -0.2) is 26.5 Å². The SMILES string of the molecule is CC(C)Oc1cccc(N(C)C)c1C=O. The Balaban J connectivity index is 3.16. The van der Waals surface area contributed by atoms with Gasteiger partial charge in [-0.3, -0.25) is 4.79 Å². The molecule has 3 heteroatoms. The lowest BCUT2D eigenvalue weighted by Crippen LogP contribution is -2.13. The zero-order valence-electron chi connectivity index (χ0n) is 9.65. The van der Waals surface area contributed by atoms with Crippen LogP contribution >= 0.6 is 0 Å². The van der Waals surface area contributed by atoms with Gasteiger partial charge in [0, 0.05) is 14.1 Å². The molecule has 0 aliphatic carbocycles. The molecule has 82 valence electrons. The van der Waals surface area contributed by atoms with Crippen molar-refractivity contribution in [2.75, 3.05) is 19.0 Å². The molecule has 0 amide bonds. The highest BCUT2D eigenvalue weighted by Crippen LogP contribution is 2.27. The van der Waals surface area contributed by atoms with Crippen LogP contribution in [0.2, 0.25) is 0 Å². The maximum Gasteiger partial charge on any atom is 0.155 e. The Hall–Kier alpha value is -1.51. The number of carbonyl (C=O) groups is 1. The maximum absolute atomic E-state index is 11.0. The molecule has 0 heterocycles. The van der Waals surface area contributed by atoms with Crippen molar-refractivity contribution in [2.45, 2.75) is 20.0 Å². The molecule has 0 spiro atoms. The number of anilines is 1. The van der Waals surface area contributed by atoms with Crippen molar-refractivity contribution in [3.05, 3.63) is 23.8 Å². The van der Waals surface area contributed by atoms with Crippen LogP contribution in [-0.2, 0) is 0 Å². The van der Waals surface area contributed by atoms with Crippen molar-refractivity contribution in [3.8, 4) is 5.75 Å². The van der Waals surface area contributed by atoms with Crippen LogP contribution < -0.4 is 9.64 Å². The van der Waals surface area contributed by atoms with Gasteiger partial charge in [-0.15, -0.1) is 0 Å². The van der Waals surface area contributed by atoms with E-state index in [1.54, 1.807) is 0 Å². The minimum atomic E-state index is 0.0705. The Kier molecular flexibility index (Phi) is 3.72. The molecule has 0 fully saturated rings. The molecule has 0 atom stereocenters. The normalized spacial score (nSPS) is 10.2. The predicted molar refractivity (Wildman–Crippen MR) is 61.9 cm³/mol. The fourth-order valence-electron chi connectivity index (χ4n) is 1.40. The predicted octanol–water partition coefficient (Wildman–Crippen LogP) is 2.35. The van der Waals surface area contributed by atoms with E-state index in [1.807, 2.05) is 51.0 Å². The van der Waals surface area contributed by atoms with Gasteiger partial charge in [-0.25, -0.2) is 0 Å². The van der Waals surface area contributed by atoms with Crippen molar-refractivity contribution in [1.29, 1.82) is 0 Å². The average Bonchev–Trinajstić information content (AvgIpc) is 2.16. The molecule has 0 bridgehead atoms. The third-order valence-corrected chi connectivity index (χ3v) is 2.01. The van der Waals surface area contributed by atoms with Gasteiger partial charge in [-0.1, -0.05) is 6.07 Å². The van der Waals surface area contributed by atoms with Gasteiger partial charge in [0.05, 0.1) is 17.4 Å². The summed E-state index contributed by atoms with van der Waals surface area (Å²) < 4.78 is 5.57. The lowest BCUT2D eigenvalue weighted by molar-refractivity contribution is 0.111. The number of nitrogens with zero attached hydrogens (tertiary/aromatic N) is 1. The molecule has 3 nitrogen and oxygen atoms in total. The molecular weight excluding hydrogens is 190 g/mol. The lowest BCUT2D eigenvalue weighted by Gasteiger charge is -2.18. The summed E-state index contributed by atoms with van der Waals surface area (Å²) in [5, 5.41) is 0. The number of ether oxygens (including phenoxy) is 1. The highest BCUT2D eigenvalue weighted by Gasteiger charge is 2.10. The van der Waals surface area contributed by atoms with Crippen LogP contribution in [0, 0.1) is 0 Å². The molecule has 0 aliphatic rings. The Morgan fingerprint density at radius 3 is 2.47 bits per heavy atom. The average molecular weight is 207 g/mol. The standard InChI is InChI=1S/C12H17NO2/c1-9(2)15-12-7-5-6-11(13(3)4)10(12)8-14/h5-9H,1-4H3. The largest absolute Gasteiger partial charge is 0.490 e. The van der Waals surface area contributed by atoms with E-state index in [0.717, 1.165) is 12.0 Å². The number of benzene rings is 1. The van der Waals surface area contributed by atoms with E-state index in [4.69, 9.17) is 4.74 Å². The van der Waals surface area contributed by atoms with E-state index in [0.29, 0.717) is 11.3 Å². The molecule has 15 heavy (non-hydrogen) atoms. The van der Waals surface area contributed by atoms with Crippen LogP contribution in [0.25, 0.3) is 0 Å². The number of carbonyl (C=O) groups excluding carboxylic acids is 1. The Bertz CT molecular complexity index is 345. The third-order valence-electron chi connectivity index (χ3n) is 2.01. The molecule has 0 radical (unpaired) electrons. The van der Waals surface area contributed by atoms with Crippen LogP contribution in [0.1, 0.15) is 24.2 Å². The Labute approximate surface area is 90.7 Å². The van der Waals surface area contributed by atoms with E-state index in [9.17, 15) is 4.79 Å². The van der Waals surface area contributed by atoms with Gasteiger partial charge in [0.25, 0.3) is 0 Å². The Morgan fingerprint density at radius 1 is 1.33 bits per heavy atom. The molecule has 0 unspecified atom stereocenters. The van der Waals surface area contributed by atoms with Crippen molar-refractivity contribution in [3.63, 3.8) is 0 Å². The van der Waals surface area contributed by atoms with Gasteiger partial charge in [0.2, 0.25) is 0 Å². The summed E-state index contributed by atoms with van der Waals surface area (Å²) in [6.07, 6.45) is 0.911. The van der Waals surface area contributed by atoms with Crippen molar-refractivity contribution in [2.24, 2.45) is 0 Å². The molecule has 0 aromatic heterocycles. The van der Waals surface area contributed by atoms with Crippen LogP contribution in [0.4, 0.5) is 5.69 Å². The topological polar surface area (TPSA) is 29.5 Å². The minimum Gasteiger partial charge on any atom is -0.490 e. The van der Waals surface area contributed by atoms with Crippen molar-refractivity contribution in [1.82, 2.24) is 0 Å². The maximum atomic E-state index is 11.0. The second kappa shape index (κ2) is 4.82. The van der Waals surface area contributed by atoms with Gasteiger partial charge in [-0.2, -0.15) is 0 Å². The van der Waals surface area contributed by atoms with Crippen molar-refractivity contribution < 1.29 is 9.53 Å². The summed E-state index contributed by atoms with van der Waals surface area (Å²) in [6, 6.07) is 5.60. The lowest BCUT2D eigenvalue weighted by atomic mass is 10.1. The van der Waals surface area contributed by atoms with Crippen LogP contribution in [0.15, 0.2) is 18.2 Å². The number of aldehydes is 1. The second-order valence-electron chi connectivity index (χ2n) is 3.87. The first-order valence-corrected chi connectivity index (χ1v) is 4.98. The zero-order chi connectivity index (χ0) is 11.4. The molecule has 0 saturated heterocycles. The number of hydrogen-bond acceptors (Lipinski definition) is 3. The fraction of sp³-hybridized carbons (Fsp3) is 0.417. The molecule has 0 N–H and O–H groups in total. The third kappa shape index (κ3) is 2.72. The molecule has 1 aromatic carbocycles. The molecular formula is C12H17NO2. The van der Waals surface area contributed by atoms with E-state index < -0.39 is 0 Å². The summed E-state index contributed by atoms with van der Waals surface area (Å²) >= 11 is 0. The minimum absolute atomic E-state index is 0.0705. The van der Waals surface area contributed by atoms with Gasteiger partial charge >= 0.3 is 0 Å². The first kappa shape index (κ1) is 11.6. The van der Waals surface area contributed by atoms with E-state index >= 15 is 0 Å². The van der Waals surface area contributed by atoms with E-state index in [-0.39, 0.29) is 6.10 Å². The number of rotatable bonds is 4. The number of hydrogen-bond donors (Lipinski definition) is 0. The quantitative estimate of drug-likeness (QED) is 0.710. The Morgan fingerprint density at radius 2 is 2.00 bits per heavy atom. The van der Waals surface area contributed by atoms with Gasteiger partial charge in [0.15, 0.2) is 6.29 Å². The summed E-state index contributed by atoms with van der Waals surface area (Å²) in [5.74, 6) is 0.645. The molecule has 1 aromatic rings. The molecule has 1 rings (SSSR count). The van der Waals surface area contributed by atoms with Crippen molar-refractivity contribution >= 4 is 12.0 Å². The van der Waals surface area contributed by atoms with E-state index in [2.05, 4.69) is 0 Å². The summed E-state index contributed by atoms with van der Waals surface area (Å²) in [6.45, 7) is 3.88. The zero-order valence-corrected chi connectivity index (χ0v) is 9.65. The molecule has 0 aliphatic heterocycles. The van der Waals surface area contributed by atoms with Crippen LogP contribution in [0.3, 0.4) is 0 Å². The summed E-state index contributed by atoms with van der Waals surface area (Å²) in [5.41, 5.74) is 1.49. The second-order valence-corrected chi connectivity index (χ2v) is 3.87. The monoisotopic (exact) mass is 207 g/mol. The van der Waals surface area contributed by atoms with Crippen LogP contribution in [0.5, 0.6) is 5.75 Å². The summed E-state index contributed by atoms with van der Waals surface area (Å²) in [4.78, 5) is 12.9. The highest BCUT2D eigenvalue weighted by atomic mass is 16.5. The van der Waals surface area contributed by atoms with Gasteiger partial charge in [-0.05, 0) is 26.0 Å². The molecule has 0 saturated carbocycles.